The Morgan fingerprint density at radius 3 is 2.32 bits per heavy atom. The van der Waals surface area contributed by atoms with Crippen LogP contribution in [0.25, 0.3) is 10.4 Å². The molecule has 5 nitrogen and oxygen atoms in total. The maximum atomic E-state index is 12.6. The lowest BCUT2D eigenvalue weighted by molar-refractivity contribution is 0.0698. The van der Waals surface area contributed by atoms with E-state index in [0.717, 1.165) is 16.9 Å². The Kier molecular flexibility index (Phi) is 4.61. The van der Waals surface area contributed by atoms with Crippen molar-refractivity contribution in [3.63, 3.8) is 0 Å². The largest absolute Gasteiger partial charge is 0.478 e. The lowest BCUT2D eigenvalue weighted by atomic mass is 10.1. The molecule has 1 heterocycles. The smallest absolute Gasteiger partial charge is 0.338 e. The number of aromatic carboxylic acids is 1. The van der Waals surface area contributed by atoms with Crippen LogP contribution in [0.5, 0.6) is 0 Å². The van der Waals surface area contributed by atoms with E-state index in [4.69, 9.17) is 0 Å². The highest BCUT2D eigenvalue weighted by Crippen LogP contribution is 2.36. The number of hydrogen-bond donors (Lipinski definition) is 2. The van der Waals surface area contributed by atoms with E-state index in [-0.39, 0.29) is 15.5 Å². The summed E-state index contributed by atoms with van der Waals surface area (Å²) in [5.41, 5.74) is 1.35. The Labute approximate surface area is 149 Å². The third-order valence-electron chi connectivity index (χ3n) is 3.63. The van der Waals surface area contributed by atoms with Crippen LogP contribution < -0.4 is 4.72 Å². The fourth-order valence-corrected chi connectivity index (χ4v) is 5.02. The second-order valence-electron chi connectivity index (χ2n) is 5.40. The molecular formula is C18H15NO4S2. The molecule has 0 radical (unpaired) electrons. The number of carboxylic acids is 1. The van der Waals surface area contributed by atoms with Crippen molar-refractivity contribution in [1.82, 2.24) is 0 Å². The van der Waals surface area contributed by atoms with Crippen molar-refractivity contribution in [1.29, 1.82) is 0 Å². The summed E-state index contributed by atoms with van der Waals surface area (Å²) in [6, 6.07) is 17.3. The minimum absolute atomic E-state index is 0.0685. The van der Waals surface area contributed by atoms with Gasteiger partial charge in [0.05, 0.1) is 10.5 Å². The van der Waals surface area contributed by atoms with E-state index in [1.54, 1.807) is 25.1 Å². The van der Waals surface area contributed by atoms with Crippen LogP contribution in [0.3, 0.4) is 0 Å². The van der Waals surface area contributed by atoms with E-state index < -0.39 is 16.0 Å². The first-order valence-electron chi connectivity index (χ1n) is 7.39. The molecule has 7 heteroatoms. The Morgan fingerprint density at radius 2 is 1.68 bits per heavy atom. The summed E-state index contributed by atoms with van der Waals surface area (Å²) in [5.74, 6) is -1.18. The van der Waals surface area contributed by atoms with Gasteiger partial charge >= 0.3 is 5.97 Å². The van der Waals surface area contributed by atoms with Gasteiger partial charge in [0.2, 0.25) is 0 Å². The molecule has 0 fully saturated rings. The second-order valence-corrected chi connectivity index (χ2v) is 8.10. The van der Waals surface area contributed by atoms with E-state index in [2.05, 4.69) is 4.72 Å². The number of nitrogens with one attached hydrogen (secondary N) is 1. The first-order valence-corrected chi connectivity index (χ1v) is 9.69. The Bertz CT molecular complexity index is 1020. The fourth-order valence-electron chi connectivity index (χ4n) is 2.41. The normalized spacial score (nSPS) is 11.2. The molecule has 0 aliphatic carbocycles. The highest BCUT2D eigenvalue weighted by molar-refractivity contribution is 7.93. The molecule has 0 spiro atoms. The van der Waals surface area contributed by atoms with Crippen molar-refractivity contribution in [2.45, 2.75) is 11.8 Å². The third kappa shape index (κ3) is 3.57. The fraction of sp³-hybridized carbons (Fsp3) is 0.0556. The number of aryl methyl sites for hydroxylation is 1. The number of hydrogen-bond acceptors (Lipinski definition) is 4. The molecule has 128 valence electrons. The molecular weight excluding hydrogens is 358 g/mol. The van der Waals surface area contributed by atoms with Gasteiger partial charge in [-0.25, -0.2) is 13.2 Å². The lowest BCUT2D eigenvalue weighted by Crippen LogP contribution is -2.15. The van der Waals surface area contributed by atoms with E-state index in [1.165, 1.54) is 12.1 Å². The molecule has 2 aromatic carbocycles. The standard InChI is InChI=1S/C18H15NO4S2/c1-12-7-5-6-10-16(12)25(22,23)19-17-14(18(20)21)11-15(24-17)13-8-3-2-4-9-13/h2-11,19H,1H3,(H,20,21). The summed E-state index contributed by atoms with van der Waals surface area (Å²) in [4.78, 5) is 12.3. The first-order chi connectivity index (χ1) is 11.9. The molecule has 0 saturated heterocycles. The highest BCUT2D eigenvalue weighted by atomic mass is 32.2. The zero-order chi connectivity index (χ0) is 18.0. The van der Waals surface area contributed by atoms with Gasteiger partial charge in [0.25, 0.3) is 10.0 Å². The molecule has 0 aliphatic heterocycles. The number of rotatable bonds is 5. The molecule has 0 saturated carbocycles. The van der Waals surface area contributed by atoms with Crippen molar-refractivity contribution >= 4 is 32.3 Å². The average molecular weight is 373 g/mol. The molecule has 2 N–H and O–H groups in total. The van der Waals surface area contributed by atoms with Gasteiger partial charge in [-0.15, -0.1) is 11.3 Å². The van der Waals surface area contributed by atoms with Gasteiger partial charge in [-0.1, -0.05) is 48.5 Å². The zero-order valence-electron chi connectivity index (χ0n) is 13.3. The number of benzene rings is 2. The van der Waals surface area contributed by atoms with E-state index in [0.29, 0.717) is 10.4 Å². The summed E-state index contributed by atoms with van der Waals surface area (Å²) in [7, 11) is -3.87. The summed E-state index contributed by atoms with van der Waals surface area (Å²) in [6.45, 7) is 1.69. The topological polar surface area (TPSA) is 83.5 Å². The minimum atomic E-state index is -3.87. The second kappa shape index (κ2) is 6.70. The molecule has 0 unspecified atom stereocenters. The predicted octanol–water partition coefficient (Wildman–Crippen LogP) is 4.22. The number of carbonyl (C=O) groups is 1. The first kappa shape index (κ1) is 17.2. The van der Waals surface area contributed by atoms with Crippen LogP contribution in [0.1, 0.15) is 15.9 Å². The monoisotopic (exact) mass is 373 g/mol. The van der Waals surface area contributed by atoms with E-state index >= 15 is 0 Å². The zero-order valence-corrected chi connectivity index (χ0v) is 14.9. The maximum Gasteiger partial charge on any atom is 0.338 e. The van der Waals surface area contributed by atoms with Gasteiger partial charge in [0.15, 0.2) is 0 Å². The van der Waals surface area contributed by atoms with Crippen molar-refractivity contribution in [2.75, 3.05) is 4.72 Å². The Hall–Kier alpha value is -2.64. The van der Waals surface area contributed by atoms with Crippen LogP contribution in [0.4, 0.5) is 5.00 Å². The molecule has 0 bridgehead atoms. The Balaban J connectivity index is 2.04. The van der Waals surface area contributed by atoms with Gasteiger partial charge in [0.1, 0.15) is 5.00 Å². The molecule has 0 atom stereocenters. The summed E-state index contributed by atoms with van der Waals surface area (Å²) in [5, 5.41) is 9.51. The van der Waals surface area contributed by atoms with Gasteiger partial charge < -0.3 is 5.11 Å². The molecule has 0 amide bonds. The maximum absolute atomic E-state index is 12.6. The summed E-state index contributed by atoms with van der Waals surface area (Å²) >= 11 is 1.10. The van der Waals surface area contributed by atoms with Crippen molar-refractivity contribution in [3.8, 4) is 10.4 Å². The summed E-state index contributed by atoms with van der Waals surface area (Å²) < 4.78 is 27.7. The SMILES string of the molecule is Cc1ccccc1S(=O)(=O)Nc1sc(-c2ccccc2)cc1C(=O)O. The number of carboxylic acid groups (broad SMARTS) is 1. The van der Waals surface area contributed by atoms with Crippen LogP contribution in [0.2, 0.25) is 0 Å². The predicted molar refractivity (Wildman–Crippen MR) is 98.7 cm³/mol. The summed E-state index contributed by atoms with van der Waals surface area (Å²) in [6.07, 6.45) is 0. The van der Waals surface area contributed by atoms with Crippen LogP contribution in [-0.2, 0) is 10.0 Å². The van der Waals surface area contributed by atoms with Crippen LogP contribution in [0.15, 0.2) is 65.6 Å². The van der Waals surface area contributed by atoms with Gasteiger partial charge in [-0.3, -0.25) is 4.72 Å². The van der Waals surface area contributed by atoms with Gasteiger partial charge in [-0.2, -0.15) is 0 Å². The minimum Gasteiger partial charge on any atom is -0.478 e. The van der Waals surface area contributed by atoms with Crippen molar-refractivity contribution in [3.05, 3.63) is 71.8 Å². The lowest BCUT2D eigenvalue weighted by Gasteiger charge is -2.09. The van der Waals surface area contributed by atoms with Crippen LogP contribution in [-0.4, -0.2) is 19.5 Å². The average Bonchev–Trinajstić information content (AvgIpc) is 2.99. The molecule has 3 rings (SSSR count). The van der Waals surface area contributed by atoms with Crippen molar-refractivity contribution < 1.29 is 18.3 Å². The van der Waals surface area contributed by atoms with Crippen LogP contribution >= 0.6 is 11.3 Å². The molecule has 1 aromatic heterocycles. The quantitative estimate of drug-likeness (QED) is 0.701. The number of anilines is 1. The van der Waals surface area contributed by atoms with Gasteiger partial charge in [0, 0.05) is 4.88 Å². The Morgan fingerprint density at radius 1 is 1.04 bits per heavy atom. The third-order valence-corrected chi connectivity index (χ3v) is 6.37. The van der Waals surface area contributed by atoms with Gasteiger partial charge in [-0.05, 0) is 30.2 Å². The molecule has 3 aromatic rings. The van der Waals surface area contributed by atoms with E-state index in [1.807, 2.05) is 30.3 Å². The molecule has 25 heavy (non-hydrogen) atoms. The van der Waals surface area contributed by atoms with Crippen LogP contribution in [0, 0.1) is 6.92 Å². The number of thiophene rings is 1. The number of sulfonamides is 1. The highest BCUT2D eigenvalue weighted by Gasteiger charge is 2.23. The van der Waals surface area contributed by atoms with Crippen molar-refractivity contribution in [2.24, 2.45) is 0 Å². The molecule has 0 aliphatic rings. The van der Waals surface area contributed by atoms with E-state index in [9.17, 15) is 18.3 Å².